The normalized spacial score (nSPS) is 10.6. The van der Waals surface area contributed by atoms with E-state index in [4.69, 9.17) is 5.02 Å². The van der Waals surface area contributed by atoms with Crippen LogP contribution in [0.25, 0.3) is 10.9 Å². The molecule has 2 aromatic rings. The molecule has 0 bridgehead atoms. The van der Waals surface area contributed by atoms with Crippen LogP contribution in [0.4, 0.5) is 11.4 Å². The van der Waals surface area contributed by atoms with E-state index in [1.165, 1.54) is 6.20 Å². The van der Waals surface area contributed by atoms with E-state index in [0.717, 1.165) is 23.7 Å². The number of hydrogen-bond acceptors (Lipinski definition) is 6. The van der Waals surface area contributed by atoms with Crippen LogP contribution in [-0.4, -0.2) is 35.1 Å². The molecular formula is C14H19BN4O3. The minimum absolute atomic E-state index is 0.0131. The first-order chi connectivity index (χ1) is 10.6. The predicted octanol–water partition coefficient (Wildman–Crippen LogP) is 2.04. The SMILES string of the molecule is CB(O)NCCCCNc1c([N+](=O)[O-])cnc2ccccc12. The van der Waals surface area contributed by atoms with E-state index in [0.29, 0.717) is 18.8 Å². The quantitative estimate of drug-likeness (QED) is 0.298. The number of fused-ring (bicyclic) bond motifs is 1. The average molecular weight is 302 g/mol. The Morgan fingerprint density at radius 3 is 2.77 bits per heavy atom. The second kappa shape index (κ2) is 7.72. The number of nitro groups is 1. The standard InChI is InChI=1S/C14H19BN4O3/c1-15(20)18-9-5-4-8-16-14-11-6-2-3-7-12(11)17-10-13(14)19(21)22/h2-3,6-7,10,18,20H,4-5,8-9H2,1H3,(H,16,17). The van der Waals surface area contributed by atoms with E-state index in [9.17, 15) is 10.1 Å². The van der Waals surface area contributed by atoms with Gasteiger partial charge in [0.15, 0.2) is 0 Å². The second-order valence-electron chi connectivity index (χ2n) is 5.06. The maximum absolute atomic E-state index is 11.2. The molecule has 116 valence electrons. The van der Waals surface area contributed by atoms with Crippen LogP contribution in [-0.2, 0) is 0 Å². The molecule has 8 heteroatoms. The Morgan fingerprint density at radius 1 is 1.32 bits per heavy atom. The van der Waals surface area contributed by atoms with Crippen LogP contribution in [0.2, 0.25) is 6.82 Å². The van der Waals surface area contributed by atoms with Gasteiger partial charge in [-0.2, -0.15) is 0 Å². The molecular weight excluding hydrogens is 283 g/mol. The first-order valence-electron chi connectivity index (χ1n) is 7.27. The third-order valence-corrected chi connectivity index (χ3v) is 3.30. The van der Waals surface area contributed by atoms with E-state index in [2.05, 4.69) is 15.5 Å². The zero-order valence-corrected chi connectivity index (χ0v) is 12.5. The Morgan fingerprint density at radius 2 is 2.05 bits per heavy atom. The molecule has 0 saturated carbocycles. The van der Waals surface area contributed by atoms with Gasteiger partial charge in [0.25, 0.3) is 0 Å². The Bertz CT molecular complexity index is 651. The fraction of sp³-hybridized carbons (Fsp3) is 0.357. The molecule has 0 radical (unpaired) electrons. The van der Waals surface area contributed by atoms with Crippen LogP contribution in [0.15, 0.2) is 30.5 Å². The molecule has 0 amide bonds. The molecule has 1 aromatic heterocycles. The lowest BCUT2D eigenvalue weighted by molar-refractivity contribution is -0.384. The molecule has 0 aliphatic carbocycles. The van der Waals surface area contributed by atoms with E-state index >= 15 is 0 Å². The number of nitrogens with one attached hydrogen (secondary N) is 2. The number of para-hydroxylation sites is 1. The van der Waals surface area contributed by atoms with Crippen LogP contribution in [0.3, 0.4) is 0 Å². The first kappa shape index (κ1) is 16.2. The van der Waals surface area contributed by atoms with Gasteiger partial charge in [-0.25, -0.2) is 4.98 Å². The van der Waals surface area contributed by atoms with E-state index in [-0.39, 0.29) is 5.69 Å². The number of unbranched alkanes of at least 4 members (excludes halogenated alkanes) is 1. The highest BCUT2D eigenvalue weighted by atomic mass is 16.6. The van der Waals surface area contributed by atoms with Crippen molar-refractivity contribution >= 4 is 29.3 Å². The van der Waals surface area contributed by atoms with Gasteiger partial charge in [0, 0.05) is 11.9 Å². The van der Waals surface area contributed by atoms with Crippen LogP contribution in [0, 0.1) is 10.1 Å². The van der Waals surface area contributed by atoms with Crippen molar-refractivity contribution in [2.45, 2.75) is 19.7 Å². The van der Waals surface area contributed by atoms with Gasteiger partial charge in [0.1, 0.15) is 11.9 Å². The lowest BCUT2D eigenvalue weighted by Gasteiger charge is -2.10. The van der Waals surface area contributed by atoms with Crippen molar-refractivity contribution in [2.24, 2.45) is 0 Å². The Balaban J connectivity index is 2.05. The number of rotatable bonds is 8. The minimum Gasteiger partial charge on any atom is -0.437 e. The number of anilines is 1. The molecule has 0 aliphatic heterocycles. The molecule has 22 heavy (non-hydrogen) atoms. The highest BCUT2D eigenvalue weighted by Gasteiger charge is 2.17. The summed E-state index contributed by atoms with van der Waals surface area (Å²) in [7, 11) is -0.516. The topological polar surface area (TPSA) is 100 Å². The molecule has 0 atom stereocenters. The molecule has 0 saturated heterocycles. The summed E-state index contributed by atoms with van der Waals surface area (Å²) in [5, 5.41) is 27.1. The zero-order chi connectivity index (χ0) is 15.9. The van der Waals surface area contributed by atoms with Crippen molar-refractivity contribution in [3.8, 4) is 0 Å². The number of nitrogens with zero attached hydrogens (tertiary/aromatic N) is 2. The minimum atomic E-state index is -0.516. The number of pyridine rings is 1. The van der Waals surface area contributed by atoms with Crippen molar-refractivity contribution in [3.63, 3.8) is 0 Å². The van der Waals surface area contributed by atoms with E-state index in [1.807, 2.05) is 24.3 Å². The summed E-state index contributed by atoms with van der Waals surface area (Å²) >= 11 is 0. The largest absolute Gasteiger partial charge is 0.437 e. The molecule has 3 N–H and O–H groups in total. The molecule has 2 rings (SSSR count). The monoisotopic (exact) mass is 302 g/mol. The van der Waals surface area contributed by atoms with Crippen LogP contribution in [0.5, 0.6) is 0 Å². The molecule has 0 fully saturated rings. The lowest BCUT2D eigenvalue weighted by atomic mass is 9.89. The number of hydrogen-bond donors (Lipinski definition) is 3. The fourth-order valence-corrected chi connectivity index (χ4v) is 2.23. The first-order valence-corrected chi connectivity index (χ1v) is 7.27. The van der Waals surface area contributed by atoms with Gasteiger partial charge in [-0.05, 0) is 32.3 Å². The van der Waals surface area contributed by atoms with Crippen molar-refractivity contribution in [1.29, 1.82) is 0 Å². The van der Waals surface area contributed by atoms with Gasteiger partial charge in [-0.15, -0.1) is 0 Å². The molecule has 0 unspecified atom stereocenters. The summed E-state index contributed by atoms with van der Waals surface area (Å²) in [5.41, 5.74) is 1.23. The molecule has 1 heterocycles. The van der Waals surface area contributed by atoms with Crippen LogP contribution >= 0.6 is 0 Å². The molecule has 1 aromatic carbocycles. The summed E-state index contributed by atoms with van der Waals surface area (Å²) < 4.78 is 0. The van der Waals surface area contributed by atoms with E-state index < -0.39 is 12.0 Å². The summed E-state index contributed by atoms with van der Waals surface area (Å²) in [6.07, 6.45) is 3.00. The van der Waals surface area contributed by atoms with Gasteiger partial charge < -0.3 is 15.6 Å². The van der Waals surface area contributed by atoms with Crippen molar-refractivity contribution in [2.75, 3.05) is 18.4 Å². The smallest absolute Gasteiger partial charge is 0.373 e. The second-order valence-corrected chi connectivity index (χ2v) is 5.06. The van der Waals surface area contributed by atoms with Crippen molar-refractivity contribution in [1.82, 2.24) is 10.2 Å². The third-order valence-electron chi connectivity index (χ3n) is 3.30. The fourth-order valence-electron chi connectivity index (χ4n) is 2.23. The highest BCUT2D eigenvalue weighted by molar-refractivity contribution is 6.45. The maximum Gasteiger partial charge on any atom is 0.373 e. The maximum atomic E-state index is 11.2. The third kappa shape index (κ3) is 4.16. The molecule has 0 spiro atoms. The number of benzene rings is 1. The van der Waals surface area contributed by atoms with Gasteiger partial charge in [0.05, 0.1) is 10.4 Å². The average Bonchev–Trinajstić information content (AvgIpc) is 2.50. The Kier molecular flexibility index (Phi) is 5.68. The van der Waals surface area contributed by atoms with Crippen molar-refractivity contribution < 1.29 is 9.95 Å². The van der Waals surface area contributed by atoms with Gasteiger partial charge in [-0.3, -0.25) is 10.1 Å². The lowest BCUT2D eigenvalue weighted by Crippen LogP contribution is -2.31. The highest BCUT2D eigenvalue weighted by Crippen LogP contribution is 2.31. The summed E-state index contributed by atoms with van der Waals surface area (Å²) in [6.45, 7) is 3.00. The number of aromatic nitrogens is 1. The molecule has 0 aliphatic rings. The van der Waals surface area contributed by atoms with Crippen LogP contribution < -0.4 is 10.5 Å². The van der Waals surface area contributed by atoms with E-state index in [1.54, 1.807) is 6.82 Å². The predicted molar refractivity (Wildman–Crippen MR) is 88.0 cm³/mol. The van der Waals surface area contributed by atoms with Gasteiger partial charge in [-0.1, -0.05) is 18.2 Å². The van der Waals surface area contributed by atoms with Crippen LogP contribution in [0.1, 0.15) is 12.8 Å². The Hall–Kier alpha value is -2.19. The van der Waals surface area contributed by atoms with Gasteiger partial charge in [0.2, 0.25) is 0 Å². The van der Waals surface area contributed by atoms with Crippen molar-refractivity contribution in [3.05, 3.63) is 40.6 Å². The van der Waals surface area contributed by atoms with Gasteiger partial charge >= 0.3 is 12.7 Å². The Labute approximate surface area is 129 Å². The molecule has 7 nitrogen and oxygen atoms in total. The summed E-state index contributed by atoms with van der Waals surface area (Å²) in [5.74, 6) is 0. The summed E-state index contributed by atoms with van der Waals surface area (Å²) in [6, 6.07) is 7.35. The summed E-state index contributed by atoms with van der Waals surface area (Å²) in [4.78, 5) is 14.9. The zero-order valence-electron chi connectivity index (χ0n) is 12.5.